The Bertz CT molecular complexity index is 506. The van der Waals surface area contributed by atoms with Gasteiger partial charge in [0.2, 0.25) is 0 Å². The summed E-state index contributed by atoms with van der Waals surface area (Å²) < 4.78 is 52.9. The fourth-order valence-electron chi connectivity index (χ4n) is 2.16. The summed E-state index contributed by atoms with van der Waals surface area (Å²) in [5.41, 5.74) is -1.02. The van der Waals surface area contributed by atoms with Crippen LogP contribution in [0.2, 0.25) is 0 Å². The Labute approximate surface area is 105 Å². The van der Waals surface area contributed by atoms with Crippen molar-refractivity contribution in [3.8, 4) is 5.75 Å². The number of ether oxygens (including phenoxy) is 1. The third-order valence-electron chi connectivity index (χ3n) is 3.33. The van der Waals surface area contributed by atoms with Crippen molar-refractivity contribution >= 4 is 5.97 Å². The number of benzene rings is 1. The summed E-state index contributed by atoms with van der Waals surface area (Å²) in [7, 11) is 0. The molecule has 1 aliphatic carbocycles. The van der Waals surface area contributed by atoms with Crippen LogP contribution in [0.5, 0.6) is 5.75 Å². The molecule has 2 rings (SSSR count). The smallest absolute Gasteiger partial charge is 0.481 e. The first-order chi connectivity index (χ1) is 8.74. The molecule has 1 N–H and O–H groups in total. The predicted octanol–water partition coefficient (Wildman–Crippen LogP) is 3.23. The molecule has 0 saturated heterocycles. The van der Waals surface area contributed by atoms with Gasteiger partial charge in [-0.2, -0.15) is 0 Å². The second-order valence-electron chi connectivity index (χ2n) is 4.43. The highest BCUT2D eigenvalue weighted by Gasteiger charge is 2.46. The molecule has 0 atom stereocenters. The number of hydrogen-bond acceptors (Lipinski definition) is 2. The number of carboxylic acid groups (broad SMARTS) is 1. The largest absolute Gasteiger partial charge is 0.573 e. The molecule has 1 fully saturated rings. The minimum absolute atomic E-state index is 0.165. The van der Waals surface area contributed by atoms with Crippen molar-refractivity contribution in [3.05, 3.63) is 29.6 Å². The first kappa shape index (κ1) is 13.6. The predicted molar refractivity (Wildman–Crippen MR) is 56.2 cm³/mol. The van der Waals surface area contributed by atoms with E-state index in [1.165, 1.54) is 0 Å². The summed E-state index contributed by atoms with van der Waals surface area (Å²) >= 11 is 0. The van der Waals surface area contributed by atoms with Gasteiger partial charge in [0, 0.05) is 0 Å². The van der Waals surface area contributed by atoms with Crippen LogP contribution >= 0.6 is 0 Å². The van der Waals surface area contributed by atoms with Gasteiger partial charge in [-0.25, -0.2) is 4.39 Å². The van der Waals surface area contributed by atoms with E-state index in [-0.39, 0.29) is 5.56 Å². The van der Waals surface area contributed by atoms with Crippen LogP contribution in [-0.2, 0) is 10.2 Å². The molecule has 0 spiro atoms. The molecule has 1 saturated carbocycles. The second kappa shape index (κ2) is 4.40. The monoisotopic (exact) mass is 278 g/mol. The summed E-state index contributed by atoms with van der Waals surface area (Å²) in [6.45, 7) is 0. The average Bonchev–Trinajstić information content (AvgIpc) is 2.17. The zero-order valence-electron chi connectivity index (χ0n) is 9.63. The van der Waals surface area contributed by atoms with Crippen molar-refractivity contribution in [2.45, 2.75) is 31.0 Å². The lowest BCUT2D eigenvalue weighted by Gasteiger charge is -2.38. The number of carbonyl (C=O) groups is 1. The van der Waals surface area contributed by atoms with Crippen LogP contribution in [0.1, 0.15) is 24.8 Å². The molecule has 1 aromatic carbocycles. The van der Waals surface area contributed by atoms with Gasteiger partial charge >= 0.3 is 12.3 Å². The van der Waals surface area contributed by atoms with E-state index >= 15 is 0 Å². The van der Waals surface area contributed by atoms with Gasteiger partial charge in [-0.15, -0.1) is 13.2 Å². The topological polar surface area (TPSA) is 46.5 Å². The van der Waals surface area contributed by atoms with Crippen molar-refractivity contribution in [1.82, 2.24) is 0 Å². The molecule has 19 heavy (non-hydrogen) atoms. The quantitative estimate of drug-likeness (QED) is 0.863. The molecule has 0 radical (unpaired) electrons. The van der Waals surface area contributed by atoms with Crippen molar-refractivity contribution in [3.63, 3.8) is 0 Å². The Morgan fingerprint density at radius 1 is 1.32 bits per heavy atom. The van der Waals surface area contributed by atoms with Crippen LogP contribution in [0.25, 0.3) is 0 Å². The van der Waals surface area contributed by atoms with Crippen LogP contribution in [0, 0.1) is 5.82 Å². The van der Waals surface area contributed by atoms with Crippen LogP contribution < -0.4 is 4.74 Å². The molecule has 1 aliphatic rings. The molecule has 0 heterocycles. The van der Waals surface area contributed by atoms with E-state index in [1.807, 2.05) is 0 Å². The van der Waals surface area contributed by atoms with Crippen molar-refractivity contribution in [2.75, 3.05) is 0 Å². The minimum Gasteiger partial charge on any atom is -0.481 e. The summed E-state index contributed by atoms with van der Waals surface area (Å²) in [6, 6.07) is 2.77. The molecule has 0 aliphatic heterocycles. The number of aliphatic carboxylic acids is 1. The van der Waals surface area contributed by atoms with Gasteiger partial charge in [0.15, 0.2) is 11.6 Å². The SMILES string of the molecule is O=C(O)C1(c2ccc(OC(F)(F)F)c(F)c2)CCC1. The fraction of sp³-hybridized carbons (Fsp3) is 0.417. The molecular weight excluding hydrogens is 268 g/mol. The van der Waals surface area contributed by atoms with Gasteiger partial charge in [-0.1, -0.05) is 12.5 Å². The van der Waals surface area contributed by atoms with Gasteiger partial charge in [-0.05, 0) is 30.5 Å². The van der Waals surface area contributed by atoms with Gasteiger partial charge in [0.25, 0.3) is 0 Å². The van der Waals surface area contributed by atoms with E-state index < -0.39 is 29.3 Å². The fourth-order valence-corrected chi connectivity index (χ4v) is 2.16. The maximum absolute atomic E-state index is 13.5. The highest BCUT2D eigenvalue weighted by atomic mass is 19.4. The summed E-state index contributed by atoms with van der Waals surface area (Å²) in [5, 5.41) is 9.15. The molecule has 104 valence electrons. The van der Waals surface area contributed by atoms with Crippen molar-refractivity contribution < 1.29 is 32.2 Å². The maximum atomic E-state index is 13.5. The first-order valence-corrected chi connectivity index (χ1v) is 5.54. The van der Waals surface area contributed by atoms with E-state index in [0.29, 0.717) is 19.3 Å². The zero-order chi connectivity index (χ0) is 14.3. The van der Waals surface area contributed by atoms with Gasteiger partial charge < -0.3 is 9.84 Å². The zero-order valence-corrected chi connectivity index (χ0v) is 9.63. The minimum atomic E-state index is -4.98. The Morgan fingerprint density at radius 2 is 1.95 bits per heavy atom. The average molecular weight is 278 g/mol. The van der Waals surface area contributed by atoms with Crippen molar-refractivity contribution in [1.29, 1.82) is 0 Å². The molecule has 1 aromatic rings. The van der Waals surface area contributed by atoms with Crippen molar-refractivity contribution in [2.24, 2.45) is 0 Å². The molecule has 7 heteroatoms. The number of alkyl halides is 3. The number of halogens is 4. The molecule has 3 nitrogen and oxygen atoms in total. The van der Waals surface area contributed by atoms with Crippen LogP contribution in [0.15, 0.2) is 18.2 Å². The van der Waals surface area contributed by atoms with Crippen LogP contribution in [0.3, 0.4) is 0 Å². The lowest BCUT2D eigenvalue weighted by molar-refractivity contribution is -0.275. The lowest BCUT2D eigenvalue weighted by atomic mass is 9.64. The Balaban J connectivity index is 2.31. The number of rotatable bonds is 3. The summed E-state index contributed by atoms with van der Waals surface area (Å²) in [6.07, 6.45) is -3.60. The number of hydrogen-bond donors (Lipinski definition) is 1. The molecule has 0 aromatic heterocycles. The molecule has 0 unspecified atom stereocenters. The molecule has 0 bridgehead atoms. The van der Waals surface area contributed by atoms with E-state index in [4.69, 9.17) is 5.11 Å². The summed E-state index contributed by atoms with van der Waals surface area (Å²) in [5.74, 6) is -3.28. The number of carboxylic acids is 1. The van der Waals surface area contributed by atoms with E-state index in [2.05, 4.69) is 4.74 Å². The van der Waals surface area contributed by atoms with E-state index in [1.54, 1.807) is 0 Å². The molecular formula is C12H10F4O3. The highest BCUT2D eigenvalue weighted by Crippen LogP contribution is 2.45. The van der Waals surface area contributed by atoms with Crippen LogP contribution in [0.4, 0.5) is 17.6 Å². The Kier molecular flexibility index (Phi) is 3.15. The second-order valence-corrected chi connectivity index (χ2v) is 4.43. The first-order valence-electron chi connectivity index (χ1n) is 5.54. The van der Waals surface area contributed by atoms with Gasteiger partial charge in [-0.3, -0.25) is 4.79 Å². The normalized spacial score (nSPS) is 17.7. The lowest BCUT2D eigenvalue weighted by Crippen LogP contribution is -2.42. The standard InChI is InChI=1S/C12H10F4O3/c13-8-6-7(11(10(17)18)4-1-5-11)2-3-9(8)19-12(14,15)16/h2-3,6H,1,4-5H2,(H,17,18). The Morgan fingerprint density at radius 3 is 2.32 bits per heavy atom. The third kappa shape index (κ3) is 2.50. The van der Waals surface area contributed by atoms with E-state index in [0.717, 1.165) is 18.2 Å². The maximum Gasteiger partial charge on any atom is 0.573 e. The van der Waals surface area contributed by atoms with Gasteiger partial charge in [0.1, 0.15) is 0 Å². The molecule has 0 amide bonds. The Hall–Kier alpha value is -1.79. The highest BCUT2D eigenvalue weighted by molar-refractivity contribution is 5.82. The summed E-state index contributed by atoms with van der Waals surface area (Å²) in [4.78, 5) is 11.2. The van der Waals surface area contributed by atoms with E-state index in [9.17, 15) is 22.4 Å². The van der Waals surface area contributed by atoms with Crippen LogP contribution in [-0.4, -0.2) is 17.4 Å². The van der Waals surface area contributed by atoms with Gasteiger partial charge in [0.05, 0.1) is 5.41 Å². The third-order valence-corrected chi connectivity index (χ3v) is 3.33.